The molecule has 0 aliphatic carbocycles. The van der Waals surface area contributed by atoms with Crippen LogP contribution in [0.2, 0.25) is 0 Å². The van der Waals surface area contributed by atoms with Gasteiger partial charge in [0.25, 0.3) is 5.91 Å². The second-order valence-corrected chi connectivity index (χ2v) is 6.24. The van der Waals surface area contributed by atoms with Gasteiger partial charge < -0.3 is 10.2 Å². The summed E-state index contributed by atoms with van der Waals surface area (Å²) in [5.41, 5.74) is 7.67. The third kappa shape index (κ3) is 3.11. The van der Waals surface area contributed by atoms with Crippen LogP contribution in [0.3, 0.4) is 0 Å². The first-order valence-corrected chi connectivity index (χ1v) is 8.44. The van der Waals surface area contributed by atoms with Gasteiger partial charge in [-0.3, -0.25) is 9.59 Å². The molecule has 4 rings (SSSR count). The zero-order valence-electron chi connectivity index (χ0n) is 14.6. The van der Waals surface area contributed by atoms with Gasteiger partial charge in [0.05, 0.1) is 5.69 Å². The molecule has 3 aromatic carbocycles. The molecule has 5 heteroatoms. The summed E-state index contributed by atoms with van der Waals surface area (Å²) in [6.45, 7) is 1.50. The van der Waals surface area contributed by atoms with Crippen molar-refractivity contribution in [3.8, 4) is 0 Å². The van der Waals surface area contributed by atoms with Crippen molar-refractivity contribution in [2.24, 2.45) is 10.7 Å². The number of hydrogen-bond acceptors (Lipinski definition) is 4. The van der Waals surface area contributed by atoms with E-state index in [1.807, 2.05) is 36.4 Å². The molecule has 27 heavy (non-hydrogen) atoms. The van der Waals surface area contributed by atoms with Crippen LogP contribution in [-0.2, 0) is 0 Å². The Morgan fingerprint density at radius 1 is 0.926 bits per heavy atom. The highest BCUT2D eigenvalue weighted by molar-refractivity contribution is 6.07. The second-order valence-electron chi connectivity index (χ2n) is 6.24. The lowest BCUT2D eigenvalue weighted by atomic mass is 10.0. The monoisotopic (exact) mass is 356 g/mol. The number of carbonyl (C=O) groups is 2. The number of carbonyl (C=O) groups excluding carboxylic acids is 2. The first-order valence-electron chi connectivity index (χ1n) is 8.44. The third-order valence-electron chi connectivity index (χ3n) is 4.43. The van der Waals surface area contributed by atoms with Crippen molar-refractivity contribution in [3.63, 3.8) is 0 Å². The molecule has 0 aliphatic heterocycles. The summed E-state index contributed by atoms with van der Waals surface area (Å²) in [7, 11) is 0. The molecule has 0 radical (unpaired) electrons. The fourth-order valence-electron chi connectivity index (χ4n) is 3.03. The van der Waals surface area contributed by atoms with Crippen molar-refractivity contribution in [2.75, 3.05) is 0 Å². The van der Waals surface area contributed by atoms with E-state index in [-0.39, 0.29) is 16.9 Å². The molecule has 0 aliphatic rings. The summed E-state index contributed by atoms with van der Waals surface area (Å²) in [6, 6.07) is 20.1. The van der Waals surface area contributed by atoms with Gasteiger partial charge in [-0.2, -0.15) is 0 Å². The zero-order valence-corrected chi connectivity index (χ0v) is 14.6. The number of nitrogens with zero attached hydrogens (tertiary/aromatic N) is 1. The molecule has 5 nitrogen and oxygen atoms in total. The van der Waals surface area contributed by atoms with E-state index in [0.717, 1.165) is 16.2 Å². The van der Waals surface area contributed by atoms with Crippen LogP contribution in [0.5, 0.6) is 0 Å². The van der Waals surface area contributed by atoms with E-state index in [4.69, 9.17) is 10.2 Å². The predicted octanol–water partition coefficient (Wildman–Crippen LogP) is 4.12. The van der Waals surface area contributed by atoms with E-state index in [0.29, 0.717) is 16.8 Å². The van der Waals surface area contributed by atoms with Crippen molar-refractivity contribution < 1.29 is 14.0 Å². The Labute approximate surface area is 154 Å². The molecule has 1 heterocycles. The van der Waals surface area contributed by atoms with Crippen LogP contribution in [0.4, 0.5) is 5.69 Å². The quantitative estimate of drug-likeness (QED) is 0.442. The number of primary amides is 1. The molecule has 0 saturated carbocycles. The van der Waals surface area contributed by atoms with Crippen molar-refractivity contribution >= 4 is 39.1 Å². The Hall–Kier alpha value is -3.73. The topological polar surface area (TPSA) is 85.7 Å². The predicted molar refractivity (Wildman–Crippen MR) is 104 cm³/mol. The van der Waals surface area contributed by atoms with E-state index in [1.165, 1.54) is 6.92 Å². The molecule has 0 atom stereocenters. The summed E-state index contributed by atoms with van der Waals surface area (Å²) >= 11 is 0. The van der Waals surface area contributed by atoms with E-state index >= 15 is 0 Å². The Morgan fingerprint density at radius 2 is 1.67 bits per heavy atom. The van der Waals surface area contributed by atoms with Gasteiger partial charge in [0.15, 0.2) is 5.78 Å². The first kappa shape index (κ1) is 16.7. The molecule has 0 bridgehead atoms. The van der Waals surface area contributed by atoms with Gasteiger partial charge in [0, 0.05) is 10.9 Å². The Kier molecular flexibility index (Phi) is 4.05. The van der Waals surface area contributed by atoms with Gasteiger partial charge in [-0.05, 0) is 54.1 Å². The van der Waals surface area contributed by atoms with Crippen molar-refractivity contribution in [1.82, 2.24) is 0 Å². The van der Waals surface area contributed by atoms with Crippen LogP contribution in [-0.4, -0.2) is 11.7 Å². The molecule has 1 aromatic heterocycles. The lowest BCUT2D eigenvalue weighted by Gasteiger charge is -2.05. The lowest BCUT2D eigenvalue weighted by Crippen LogP contribution is -2.21. The minimum atomic E-state index is -0.618. The summed E-state index contributed by atoms with van der Waals surface area (Å²) < 4.78 is 5.91. The zero-order chi connectivity index (χ0) is 19.0. The van der Waals surface area contributed by atoms with E-state index in [1.54, 1.807) is 30.3 Å². The Bertz CT molecular complexity index is 1270. The summed E-state index contributed by atoms with van der Waals surface area (Å²) in [5.74, 6) is -0.644. The molecule has 0 spiro atoms. The average molecular weight is 356 g/mol. The second kappa shape index (κ2) is 6.53. The van der Waals surface area contributed by atoms with Gasteiger partial charge in [-0.15, -0.1) is 0 Å². The Balaban J connectivity index is 1.96. The lowest BCUT2D eigenvalue weighted by molar-refractivity contribution is 0.0993. The summed E-state index contributed by atoms with van der Waals surface area (Å²) in [4.78, 5) is 27.8. The van der Waals surface area contributed by atoms with Crippen molar-refractivity contribution in [3.05, 3.63) is 83.4 Å². The molecule has 4 aromatic rings. The largest absolute Gasteiger partial charge is 0.438 e. The van der Waals surface area contributed by atoms with Gasteiger partial charge in [-0.25, -0.2) is 4.99 Å². The number of Topliss-reactive ketones (excluding diaryl/α,β-unsaturated/α-hetero) is 1. The number of fused-ring (bicyclic) bond motifs is 3. The van der Waals surface area contributed by atoms with Crippen LogP contribution >= 0.6 is 0 Å². The van der Waals surface area contributed by atoms with Crippen LogP contribution in [0.25, 0.3) is 21.7 Å². The standard InChI is InChI=1S/C22H16N2O3/c1-13(25)14-6-9-16(10-7-14)24-22-19(21(23)26)12-18-17-5-3-2-4-15(17)8-11-20(18)27-22/h2-12H,1H3,(H2,23,26). The van der Waals surface area contributed by atoms with Gasteiger partial charge in [-0.1, -0.05) is 30.3 Å². The van der Waals surface area contributed by atoms with Crippen LogP contribution < -0.4 is 11.3 Å². The van der Waals surface area contributed by atoms with E-state index in [2.05, 4.69) is 4.99 Å². The fraction of sp³-hybridized carbons (Fsp3) is 0.0455. The molecule has 132 valence electrons. The average Bonchev–Trinajstić information content (AvgIpc) is 2.67. The molecule has 0 fully saturated rings. The normalized spacial score (nSPS) is 11.8. The van der Waals surface area contributed by atoms with Gasteiger partial charge in [0.1, 0.15) is 11.1 Å². The highest BCUT2D eigenvalue weighted by Gasteiger charge is 2.11. The van der Waals surface area contributed by atoms with E-state index < -0.39 is 5.91 Å². The number of nitrogens with two attached hydrogens (primary N) is 1. The van der Waals surface area contributed by atoms with E-state index in [9.17, 15) is 9.59 Å². The van der Waals surface area contributed by atoms with Crippen LogP contribution in [0.1, 0.15) is 27.6 Å². The van der Waals surface area contributed by atoms with Crippen molar-refractivity contribution in [1.29, 1.82) is 0 Å². The summed E-state index contributed by atoms with van der Waals surface area (Å²) in [6.07, 6.45) is 0. The third-order valence-corrected chi connectivity index (χ3v) is 4.43. The smallest absolute Gasteiger partial charge is 0.254 e. The summed E-state index contributed by atoms with van der Waals surface area (Å²) in [5, 5.41) is 2.81. The van der Waals surface area contributed by atoms with Crippen molar-refractivity contribution in [2.45, 2.75) is 6.92 Å². The minimum absolute atomic E-state index is 0.0263. The maximum atomic E-state index is 12.0. The number of ketones is 1. The molecule has 1 amide bonds. The number of amides is 1. The maximum Gasteiger partial charge on any atom is 0.254 e. The van der Waals surface area contributed by atoms with Crippen LogP contribution in [0.15, 0.2) is 76.1 Å². The fourth-order valence-corrected chi connectivity index (χ4v) is 3.03. The number of hydrogen-bond donors (Lipinski definition) is 1. The minimum Gasteiger partial charge on any atom is -0.438 e. The SMILES string of the molecule is CC(=O)c1ccc(N=c2oc3ccc4ccccc4c3cc2C(N)=O)cc1. The Morgan fingerprint density at radius 3 is 2.37 bits per heavy atom. The van der Waals surface area contributed by atoms with Crippen LogP contribution in [0, 0.1) is 0 Å². The molecular weight excluding hydrogens is 340 g/mol. The van der Waals surface area contributed by atoms with Gasteiger partial charge >= 0.3 is 0 Å². The molecule has 2 N–H and O–H groups in total. The first-order chi connectivity index (χ1) is 13.0. The molecule has 0 saturated heterocycles. The number of rotatable bonds is 3. The highest BCUT2D eigenvalue weighted by Crippen LogP contribution is 2.25. The number of benzene rings is 3. The molecular formula is C22H16N2O3. The van der Waals surface area contributed by atoms with Gasteiger partial charge in [0.2, 0.25) is 5.55 Å². The highest BCUT2D eigenvalue weighted by atomic mass is 16.3. The molecule has 0 unspecified atom stereocenters. The maximum absolute atomic E-state index is 12.0.